The summed E-state index contributed by atoms with van der Waals surface area (Å²) in [5.41, 5.74) is 5.40. The third kappa shape index (κ3) is 4.15. The first-order valence-corrected chi connectivity index (χ1v) is 10.3. The van der Waals surface area contributed by atoms with Crippen LogP contribution in [0.1, 0.15) is 73.5 Å². The Morgan fingerprint density at radius 3 is 2.00 bits per heavy atom. The Bertz CT molecular complexity index is 811. The van der Waals surface area contributed by atoms with Gasteiger partial charge in [-0.25, -0.2) is 8.78 Å². The monoisotopic (exact) mass is 366 g/mol. The van der Waals surface area contributed by atoms with Crippen LogP contribution < -0.4 is 0 Å². The van der Waals surface area contributed by atoms with Crippen molar-refractivity contribution in [3.05, 3.63) is 82.4 Å². The van der Waals surface area contributed by atoms with Gasteiger partial charge in [0.15, 0.2) is 11.6 Å². The molecule has 2 aromatic carbocycles. The van der Waals surface area contributed by atoms with E-state index in [1.54, 1.807) is 11.6 Å². The van der Waals surface area contributed by atoms with Crippen molar-refractivity contribution in [1.82, 2.24) is 0 Å². The van der Waals surface area contributed by atoms with E-state index in [0.29, 0.717) is 17.8 Å². The molecule has 1 fully saturated rings. The van der Waals surface area contributed by atoms with Crippen LogP contribution in [0, 0.1) is 24.5 Å². The van der Waals surface area contributed by atoms with Gasteiger partial charge in [0.1, 0.15) is 0 Å². The Morgan fingerprint density at radius 1 is 0.704 bits per heavy atom. The van der Waals surface area contributed by atoms with Gasteiger partial charge in [-0.3, -0.25) is 0 Å². The molecule has 27 heavy (non-hydrogen) atoms. The van der Waals surface area contributed by atoms with Gasteiger partial charge in [0.25, 0.3) is 0 Å². The molecule has 0 aromatic heterocycles. The number of hydrogen-bond acceptors (Lipinski definition) is 0. The number of halogens is 2. The molecule has 0 heterocycles. The topological polar surface area (TPSA) is 0 Å². The van der Waals surface area contributed by atoms with Crippen molar-refractivity contribution in [2.45, 2.75) is 63.7 Å². The van der Waals surface area contributed by atoms with Crippen molar-refractivity contribution >= 4 is 0 Å². The molecule has 0 spiro atoms. The molecule has 0 saturated heterocycles. The lowest BCUT2D eigenvalue weighted by Gasteiger charge is -2.33. The molecule has 0 amide bonds. The lowest BCUT2D eigenvalue weighted by molar-refractivity contribution is 0.348. The molecule has 2 aliphatic rings. The van der Waals surface area contributed by atoms with Gasteiger partial charge in [0, 0.05) is 0 Å². The number of allylic oxidation sites excluding steroid dienone is 2. The molecule has 0 N–H and O–H groups in total. The number of benzene rings is 2. The molecule has 2 aliphatic carbocycles. The molecule has 1 atom stereocenters. The Kier molecular flexibility index (Phi) is 5.43. The first kappa shape index (κ1) is 18.4. The normalized spacial score (nSPS) is 25.9. The van der Waals surface area contributed by atoms with E-state index in [1.165, 1.54) is 48.9 Å². The van der Waals surface area contributed by atoms with Gasteiger partial charge in [-0.2, -0.15) is 0 Å². The lowest BCUT2D eigenvalue weighted by atomic mass is 9.72. The highest BCUT2D eigenvalue weighted by Crippen LogP contribution is 2.43. The molecule has 142 valence electrons. The minimum Gasteiger partial charge on any atom is -0.204 e. The third-order valence-corrected chi connectivity index (χ3v) is 6.66. The Labute approximate surface area is 161 Å². The van der Waals surface area contributed by atoms with Crippen LogP contribution in [0.15, 0.2) is 54.1 Å². The summed E-state index contributed by atoms with van der Waals surface area (Å²) < 4.78 is 26.7. The van der Waals surface area contributed by atoms with E-state index in [2.05, 4.69) is 37.3 Å². The fourth-order valence-electron chi connectivity index (χ4n) is 4.93. The maximum absolute atomic E-state index is 13.5. The van der Waals surface area contributed by atoms with Gasteiger partial charge in [0.05, 0.1) is 0 Å². The lowest BCUT2D eigenvalue weighted by Crippen LogP contribution is -2.17. The largest absolute Gasteiger partial charge is 0.204 e. The molecule has 4 rings (SSSR count). The summed E-state index contributed by atoms with van der Waals surface area (Å²) in [7, 11) is 0. The summed E-state index contributed by atoms with van der Waals surface area (Å²) in [6.45, 7) is 2.14. The van der Waals surface area contributed by atoms with Gasteiger partial charge >= 0.3 is 0 Å². The van der Waals surface area contributed by atoms with E-state index in [0.717, 1.165) is 24.8 Å². The van der Waals surface area contributed by atoms with Gasteiger partial charge in [-0.15, -0.1) is 0 Å². The summed E-state index contributed by atoms with van der Waals surface area (Å²) in [6, 6.07) is 13.4. The summed E-state index contributed by atoms with van der Waals surface area (Å²) in [5, 5.41) is 0. The van der Waals surface area contributed by atoms with Crippen LogP contribution in [0.2, 0.25) is 0 Å². The molecular formula is C25H28F2. The minimum atomic E-state index is -0.747. The molecule has 2 aromatic rings. The van der Waals surface area contributed by atoms with Crippen LogP contribution in [0.4, 0.5) is 8.78 Å². The first-order chi connectivity index (χ1) is 13.1. The van der Waals surface area contributed by atoms with Gasteiger partial charge in [-0.05, 0) is 92.9 Å². The zero-order valence-corrected chi connectivity index (χ0v) is 16.1. The standard InChI is InChI=1S/C25H28F2/c1-17-2-4-18(5-3-17)19-6-8-20(9-7-19)21-10-12-22(13-11-21)23-14-15-24(26)25(27)16-23/h2-5,8,14-16,19,21-22H,6-7,9-13H2,1H3. The zero-order valence-electron chi connectivity index (χ0n) is 16.1. The Balaban J connectivity index is 1.34. The molecular weight excluding hydrogens is 338 g/mol. The van der Waals surface area contributed by atoms with Gasteiger partial charge < -0.3 is 0 Å². The second-order valence-electron chi connectivity index (χ2n) is 8.38. The molecule has 1 unspecified atom stereocenters. The summed E-state index contributed by atoms with van der Waals surface area (Å²) >= 11 is 0. The van der Waals surface area contributed by atoms with Crippen LogP contribution in [-0.4, -0.2) is 0 Å². The van der Waals surface area contributed by atoms with Crippen molar-refractivity contribution in [3.8, 4) is 0 Å². The van der Waals surface area contributed by atoms with E-state index < -0.39 is 11.6 Å². The first-order valence-electron chi connectivity index (χ1n) is 10.3. The van der Waals surface area contributed by atoms with E-state index in [1.807, 2.05) is 0 Å². The fourth-order valence-corrected chi connectivity index (χ4v) is 4.93. The number of hydrogen-bond donors (Lipinski definition) is 0. The molecule has 0 bridgehead atoms. The van der Waals surface area contributed by atoms with Crippen LogP contribution in [0.25, 0.3) is 0 Å². The average molecular weight is 366 g/mol. The predicted octanol–water partition coefficient (Wildman–Crippen LogP) is 7.44. The van der Waals surface area contributed by atoms with Crippen molar-refractivity contribution in [2.24, 2.45) is 5.92 Å². The van der Waals surface area contributed by atoms with Crippen LogP contribution in [-0.2, 0) is 0 Å². The van der Waals surface area contributed by atoms with Gasteiger partial charge in [-0.1, -0.05) is 47.5 Å². The molecule has 0 nitrogen and oxygen atoms in total. The SMILES string of the molecule is Cc1ccc(C2CC=C(C3CCC(c4ccc(F)c(F)c4)CC3)CC2)cc1. The smallest absolute Gasteiger partial charge is 0.159 e. The summed E-state index contributed by atoms with van der Waals surface area (Å²) in [5.74, 6) is 0.258. The quantitative estimate of drug-likeness (QED) is 0.495. The third-order valence-electron chi connectivity index (χ3n) is 6.66. The van der Waals surface area contributed by atoms with E-state index in [-0.39, 0.29) is 0 Å². The van der Waals surface area contributed by atoms with E-state index in [4.69, 9.17) is 0 Å². The van der Waals surface area contributed by atoms with Crippen LogP contribution in [0.3, 0.4) is 0 Å². The van der Waals surface area contributed by atoms with Crippen molar-refractivity contribution in [2.75, 3.05) is 0 Å². The van der Waals surface area contributed by atoms with Gasteiger partial charge in [0.2, 0.25) is 0 Å². The maximum atomic E-state index is 13.5. The van der Waals surface area contributed by atoms with E-state index in [9.17, 15) is 8.78 Å². The highest BCUT2D eigenvalue weighted by Gasteiger charge is 2.27. The summed E-state index contributed by atoms with van der Waals surface area (Å²) in [6.07, 6.45) is 10.6. The maximum Gasteiger partial charge on any atom is 0.159 e. The van der Waals surface area contributed by atoms with Crippen LogP contribution in [0.5, 0.6) is 0 Å². The fraction of sp³-hybridized carbons (Fsp3) is 0.440. The second-order valence-corrected chi connectivity index (χ2v) is 8.38. The summed E-state index contributed by atoms with van der Waals surface area (Å²) in [4.78, 5) is 0. The van der Waals surface area contributed by atoms with Crippen molar-refractivity contribution < 1.29 is 8.78 Å². The molecule has 1 saturated carbocycles. The minimum absolute atomic E-state index is 0.376. The highest BCUT2D eigenvalue weighted by atomic mass is 19.2. The zero-order chi connectivity index (χ0) is 18.8. The van der Waals surface area contributed by atoms with E-state index >= 15 is 0 Å². The number of aryl methyl sites for hydroxylation is 1. The number of rotatable bonds is 3. The van der Waals surface area contributed by atoms with Crippen molar-refractivity contribution in [3.63, 3.8) is 0 Å². The molecule has 0 radical (unpaired) electrons. The highest BCUT2D eigenvalue weighted by molar-refractivity contribution is 5.28. The second kappa shape index (κ2) is 7.96. The van der Waals surface area contributed by atoms with Crippen molar-refractivity contribution in [1.29, 1.82) is 0 Å². The predicted molar refractivity (Wildman–Crippen MR) is 107 cm³/mol. The molecule has 0 aliphatic heterocycles. The average Bonchev–Trinajstić information content (AvgIpc) is 2.71. The molecule has 2 heteroatoms. The Morgan fingerprint density at radius 2 is 1.37 bits per heavy atom. The van der Waals surface area contributed by atoms with Crippen LogP contribution >= 0.6 is 0 Å². The Hall–Kier alpha value is -1.96.